The summed E-state index contributed by atoms with van der Waals surface area (Å²) in [6.07, 6.45) is 4.77. The van der Waals surface area contributed by atoms with Crippen LogP contribution >= 0.6 is 11.8 Å². The Morgan fingerprint density at radius 1 is 1.17 bits per heavy atom. The van der Waals surface area contributed by atoms with Crippen molar-refractivity contribution >= 4 is 21.8 Å². The number of rotatable bonds is 4. The summed E-state index contributed by atoms with van der Waals surface area (Å²) in [5.41, 5.74) is 0.466. The van der Waals surface area contributed by atoms with Gasteiger partial charge in [-0.3, -0.25) is 0 Å². The molecule has 0 atom stereocenters. The van der Waals surface area contributed by atoms with Crippen molar-refractivity contribution in [3.8, 4) is 6.07 Å². The van der Waals surface area contributed by atoms with Gasteiger partial charge >= 0.3 is 0 Å². The Balaban J connectivity index is 1.81. The quantitative estimate of drug-likeness (QED) is 0.844. The SMILES string of the molecule is N#Cc1cccnc1Sc1ccc(S(=O)(=O)N2CCCC2)cn1. The molecular weight excluding hydrogens is 332 g/mol. The second-order valence-corrected chi connectivity index (χ2v) is 7.96. The summed E-state index contributed by atoms with van der Waals surface area (Å²) in [6.45, 7) is 1.14. The van der Waals surface area contributed by atoms with Gasteiger partial charge in [0, 0.05) is 25.5 Å². The van der Waals surface area contributed by atoms with E-state index in [1.54, 1.807) is 30.5 Å². The van der Waals surface area contributed by atoms with Crippen LogP contribution in [0.4, 0.5) is 0 Å². The summed E-state index contributed by atoms with van der Waals surface area (Å²) < 4.78 is 26.3. The lowest BCUT2D eigenvalue weighted by molar-refractivity contribution is 0.477. The number of sulfonamides is 1. The molecule has 0 amide bonds. The lowest BCUT2D eigenvalue weighted by atomic mass is 10.3. The molecule has 0 radical (unpaired) electrons. The van der Waals surface area contributed by atoms with Crippen LogP contribution in [0.5, 0.6) is 0 Å². The van der Waals surface area contributed by atoms with Crippen molar-refractivity contribution in [2.24, 2.45) is 0 Å². The molecule has 8 heteroatoms. The van der Waals surface area contributed by atoms with Gasteiger partial charge in [-0.05, 0) is 48.9 Å². The summed E-state index contributed by atoms with van der Waals surface area (Å²) in [6, 6.07) is 8.65. The molecule has 0 aliphatic carbocycles. The summed E-state index contributed by atoms with van der Waals surface area (Å²) >= 11 is 1.24. The maximum absolute atomic E-state index is 12.4. The minimum absolute atomic E-state index is 0.199. The molecule has 6 nitrogen and oxygen atoms in total. The maximum atomic E-state index is 12.4. The zero-order valence-corrected chi connectivity index (χ0v) is 13.8. The Bertz CT molecular complexity index is 839. The topological polar surface area (TPSA) is 86.9 Å². The van der Waals surface area contributed by atoms with E-state index in [0.29, 0.717) is 28.7 Å². The number of hydrogen-bond acceptors (Lipinski definition) is 6. The van der Waals surface area contributed by atoms with Gasteiger partial charge in [0.25, 0.3) is 0 Å². The van der Waals surface area contributed by atoms with Crippen molar-refractivity contribution in [3.05, 3.63) is 42.2 Å². The van der Waals surface area contributed by atoms with Crippen LogP contribution in [0.2, 0.25) is 0 Å². The Kier molecular flexibility index (Phi) is 4.61. The van der Waals surface area contributed by atoms with E-state index in [2.05, 4.69) is 16.0 Å². The molecule has 23 heavy (non-hydrogen) atoms. The monoisotopic (exact) mass is 346 g/mol. The van der Waals surface area contributed by atoms with E-state index in [4.69, 9.17) is 5.26 Å². The van der Waals surface area contributed by atoms with Gasteiger partial charge in [-0.15, -0.1) is 0 Å². The number of hydrogen-bond donors (Lipinski definition) is 0. The van der Waals surface area contributed by atoms with Crippen LogP contribution in [0.25, 0.3) is 0 Å². The van der Waals surface area contributed by atoms with Crippen molar-refractivity contribution in [2.75, 3.05) is 13.1 Å². The third-order valence-electron chi connectivity index (χ3n) is 3.50. The van der Waals surface area contributed by atoms with Crippen molar-refractivity contribution in [3.63, 3.8) is 0 Å². The van der Waals surface area contributed by atoms with E-state index in [1.165, 1.54) is 22.3 Å². The lowest BCUT2D eigenvalue weighted by Gasteiger charge is -2.15. The first-order chi connectivity index (χ1) is 11.1. The Morgan fingerprint density at radius 3 is 2.61 bits per heavy atom. The van der Waals surface area contributed by atoms with E-state index in [0.717, 1.165) is 12.8 Å². The Morgan fingerprint density at radius 2 is 1.96 bits per heavy atom. The molecule has 0 saturated carbocycles. The zero-order valence-electron chi connectivity index (χ0n) is 12.2. The van der Waals surface area contributed by atoms with Gasteiger partial charge in [0.2, 0.25) is 10.0 Å². The minimum Gasteiger partial charge on any atom is -0.248 e. The first-order valence-electron chi connectivity index (χ1n) is 7.10. The van der Waals surface area contributed by atoms with Crippen LogP contribution in [-0.2, 0) is 10.0 Å². The summed E-state index contributed by atoms with van der Waals surface area (Å²) in [5.74, 6) is 0. The van der Waals surface area contributed by atoms with Gasteiger partial charge in [0.05, 0.1) is 5.56 Å². The van der Waals surface area contributed by atoms with Gasteiger partial charge < -0.3 is 0 Å². The van der Waals surface area contributed by atoms with Crippen LogP contribution in [-0.4, -0.2) is 35.8 Å². The van der Waals surface area contributed by atoms with E-state index in [-0.39, 0.29) is 4.90 Å². The predicted octanol–water partition coefficient (Wildman–Crippen LogP) is 2.28. The Labute approximate surface area is 139 Å². The highest BCUT2D eigenvalue weighted by Crippen LogP contribution is 2.28. The van der Waals surface area contributed by atoms with Gasteiger partial charge in [-0.25, -0.2) is 18.4 Å². The van der Waals surface area contributed by atoms with Crippen molar-refractivity contribution < 1.29 is 8.42 Å². The fourth-order valence-electron chi connectivity index (χ4n) is 2.31. The minimum atomic E-state index is -3.45. The molecule has 0 aromatic carbocycles. The maximum Gasteiger partial charge on any atom is 0.244 e. The van der Waals surface area contributed by atoms with Gasteiger partial charge in [0.1, 0.15) is 21.0 Å². The predicted molar refractivity (Wildman–Crippen MR) is 85.3 cm³/mol. The molecular formula is C15H14N4O2S2. The molecule has 1 aliphatic heterocycles. The average Bonchev–Trinajstić information content (AvgIpc) is 3.11. The molecule has 0 bridgehead atoms. The molecule has 0 unspecified atom stereocenters. The number of aromatic nitrogens is 2. The fourth-order valence-corrected chi connectivity index (χ4v) is 4.55. The van der Waals surface area contributed by atoms with Crippen LogP contribution in [0.1, 0.15) is 18.4 Å². The first kappa shape index (κ1) is 15.9. The molecule has 1 aliphatic rings. The molecule has 0 N–H and O–H groups in total. The first-order valence-corrected chi connectivity index (χ1v) is 9.36. The summed E-state index contributed by atoms with van der Waals surface area (Å²) in [4.78, 5) is 8.55. The number of nitrogens with zero attached hydrogens (tertiary/aromatic N) is 4. The molecule has 1 fully saturated rings. The van der Waals surface area contributed by atoms with Gasteiger partial charge in [-0.2, -0.15) is 9.57 Å². The number of pyridine rings is 2. The fraction of sp³-hybridized carbons (Fsp3) is 0.267. The Hall–Kier alpha value is -1.95. The molecule has 118 valence electrons. The van der Waals surface area contributed by atoms with Crippen LogP contribution in [0.3, 0.4) is 0 Å². The van der Waals surface area contributed by atoms with Crippen LogP contribution in [0, 0.1) is 11.3 Å². The van der Waals surface area contributed by atoms with Crippen LogP contribution in [0.15, 0.2) is 51.6 Å². The zero-order chi connectivity index (χ0) is 16.3. The summed E-state index contributed by atoms with van der Waals surface area (Å²) in [7, 11) is -3.45. The number of nitriles is 1. The van der Waals surface area contributed by atoms with Crippen molar-refractivity contribution in [1.29, 1.82) is 5.26 Å². The standard InChI is InChI=1S/C15H14N4O2S2/c16-10-12-4-3-7-17-15(12)22-14-6-5-13(11-18-14)23(20,21)19-8-1-2-9-19/h3-7,11H,1-2,8-9H2. The smallest absolute Gasteiger partial charge is 0.244 e. The van der Waals surface area contributed by atoms with E-state index < -0.39 is 10.0 Å². The van der Waals surface area contributed by atoms with Gasteiger partial charge in [-0.1, -0.05) is 0 Å². The highest BCUT2D eigenvalue weighted by molar-refractivity contribution is 7.99. The highest BCUT2D eigenvalue weighted by atomic mass is 32.2. The molecule has 2 aromatic heterocycles. The second-order valence-electron chi connectivity index (χ2n) is 5.01. The molecule has 0 spiro atoms. The van der Waals surface area contributed by atoms with E-state index >= 15 is 0 Å². The van der Waals surface area contributed by atoms with Crippen molar-refractivity contribution in [2.45, 2.75) is 27.8 Å². The molecule has 2 aromatic rings. The van der Waals surface area contributed by atoms with Crippen LogP contribution < -0.4 is 0 Å². The molecule has 3 rings (SSSR count). The van der Waals surface area contributed by atoms with Crippen molar-refractivity contribution in [1.82, 2.24) is 14.3 Å². The van der Waals surface area contributed by atoms with Gasteiger partial charge in [0.15, 0.2) is 0 Å². The van der Waals surface area contributed by atoms with E-state index in [1.807, 2.05) is 0 Å². The molecule has 3 heterocycles. The second kappa shape index (κ2) is 6.66. The van der Waals surface area contributed by atoms with E-state index in [9.17, 15) is 8.42 Å². The third-order valence-corrected chi connectivity index (χ3v) is 6.36. The average molecular weight is 346 g/mol. The summed E-state index contributed by atoms with van der Waals surface area (Å²) in [5, 5.41) is 10.2. The normalized spacial score (nSPS) is 15.4. The molecule has 1 saturated heterocycles. The highest BCUT2D eigenvalue weighted by Gasteiger charge is 2.27. The largest absolute Gasteiger partial charge is 0.248 e. The lowest BCUT2D eigenvalue weighted by Crippen LogP contribution is -2.27. The third kappa shape index (κ3) is 3.37.